The van der Waals surface area contributed by atoms with Crippen LogP contribution in [0.1, 0.15) is 5.56 Å². The van der Waals surface area contributed by atoms with Crippen molar-refractivity contribution in [2.75, 3.05) is 4.72 Å². The van der Waals surface area contributed by atoms with Gasteiger partial charge in [0, 0.05) is 11.6 Å². The van der Waals surface area contributed by atoms with Gasteiger partial charge < -0.3 is 0 Å². The Morgan fingerprint density at radius 3 is 2.36 bits per heavy atom. The summed E-state index contributed by atoms with van der Waals surface area (Å²) in [7, 11) is -3.84. The molecule has 6 nitrogen and oxygen atoms in total. The van der Waals surface area contributed by atoms with E-state index in [2.05, 4.69) is 4.72 Å². The van der Waals surface area contributed by atoms with Crippen molar-refractivity contribution in [2.24, 2.45) is 0 Å². The first-order valence-electron chi connectivity index (χ1n) is 8.39. The number of sulfonamides is 1. The molecule has 142 valence electrons. The van der Waals surface area contributed by atoms with E-state index in [0.29, 0.717) is 11.3 Å². The number of hydrogen-bond acceptors (Lipinski definition) is 4. The number of nitrogens with one attached hydrogen (secondary N) is 2. The van der Waals surface area contributed by atoms with Crippen LogP contribution in [0.5, 0.6) is 0 Å². The number of rotatable bonds is 6. The van der Waals surface area contributed by atoms with Crippen LogP contribution in [0, 0.1) is 0 Å². The van der Waals surface area contributed by atoms with Crippen molar-refractivity contribution < 1.29 is 18.4 Å². The topological polar surface area (TPSA) is 95.5 Å². The van der Waals surface area contributed by atoms with Gasteiger partial charge in [-0.3, -0.25) is 14.7 Å². The second-order valence-electron chi connectivity index (χ2n) is 5.90. The Kier molecular flexibility index (Phi) is 5.88. The van der Waals surface area contributed by atoms with Crippen molar-refractivity contribution in [3.05, 3.63) is 90.5 Å². The smallest absolute Gasteiger partial charge is 0.267 e. The van der Waals surface area contributed by atoms with E-state index in [1.165, 1.54) is 23.7 Å². The fourth-order valence-corrected chi connectivity index (χ4v) is 3.77. The van der Waals surface area contributed by atoms with Gasteiger partial charge in [0.05, 0.1) is 10.6 Å². The Morgan fingerprint density at radius 2 is 1.61 bits per heavy atom. The number of carbonyl (C=O) groups excluding carboxylic acids is 1. The number of hydroxylamine groups is 1. The van der Waals surface area contributed by atoms with E-state index in [-0.39, 0.29) is 4.90 Å². The molecule has 0 bridgehead atoms. The number of hydrogen-bond donors (Lipinski definition) is 3. The van der Waals surface area contributed by atoms with Crippen LogP contribution in [0.15, 0.2) is 89.8 Å². The second kappa shape index (κ2) is 8.51. The Bertz CT molecular complexity index is 1110. The molecule has 0 spiro atoms. The first-order valence-corrected chi connectivity index (χ1v) is 9.87. The maximum absolute atomic E-state index is 12.9. The van der Waals surface area contributed by atoms with Crippen molar-refractivity contribution in [1.82, 2.24) is 5.48 Å². The monoisotopic (exact) mass is 394 g/mol. The zero-order chi connectivity index (χ0) is 20.0. The third-order valence-electron chi connectivity index (χ3n) is 3.96. The van der Waals surface area contributed by atoms with Crippen molar-refractivity contribution in [3.63, 3.8) is 0 Å². The highest BCUT2D eigenvalue weighted by Gasteiger charge is 2.16. The van der Waals surface area contributed by atoms with E-state index in [0.717, 1.165) is 17.2 Å². The molecule has 0 unspecified atom stereocenters. The van der Waals surface area contributed by atoms with Crippen LogP contribution >= 0.6 is 0 Å². The molecule has 0 aliphatic carbocycles. The average Bonchev–Trinajstić information content (AvgIpc) is 2.73. The summed E-state index contributed by atoms with van der Waals surface area (Å²) in [5.74, 6) is -0.705. The fraction of sp³-hybridized carbons (Fsp3) is 0. The number of anilines is 1. The summed E-state index contributed by atoms with van der Waals surface area (Å²) >= 11 is 0. The lowest BCUT2D eigenvalue weighted by Crippen LogP contribution is -2.15. The quantitative estimate of drug-likeness (QED) is 0.338. The van der Waals surface area contributed by atoms with E-state index in [9.17, 15) is 13.2 Å². The standard InChI is InChI=1S/C21H18N2O4S/c24-21(22-25)14-13-16-7-6-10-18(15-16)28(26,27)23-20-12-5-4-11-19(20)17-8-2-1-3-9-17/h1-15,23,25H,(H,22,24). The highest BCUT2D eigenvalue weighted by molar-refractivity contribution is 7.92. The molecule has 7 heteroatoms. The molecule has 0 radical (unpaired) electrons. The molecule has 0 aromatic heterocycles. The second-order valence-corrected chi connectivity index (χ2v) is 7.58. The minimum Gasteiger partial charge on any atom is -0.288 e. The van der Waals surface area contributed by atoms with Crippen LogP contribution < -0.4 is 10.2 Å². The minimum atomic E-state index is -3.84. The van der Waals surface area contributed by atoms with E-state index >= 15 is 0 Å². The van der Waals surface area contributed by atoms with Gasteiger partial charge in [0.1, 0.15) is 0 Å². The fourth-order valence-electron chi connectivity index (χ4n) is 2.64. The lowest BCUT2D eigenvalue weighted by atomic mass is 10.0. The first-order chi connectivity index (χ1) is 13.5. The Hall–Kier alpha value is -3.42. The van der Waals surface area contributed by atoms with Gasteiger partial charge in [-0.1, -0.05) is 60.7 Å². The highest BCUT2D eigenvalue weighted by Crippen LogP contribution is 2.29. The zero-order valence-corrected chi connectivity index (χ0v) is 15.6. The summed E-state index contributed by atoms with van der Waals surface area (Å²) < 4.78 is 28.4. The van der Waals surface area contributed by atoms with Crippen molar-refractivity contribution in [1.29, 1.82) is 0 Å². The predicted octanol–water partition coefficient (Wildman–Crippen LogP) is 3.67. The van der Waals surface area contributed by atoms with Gasteiger partial charge in [0.15, 0.2) is 0 Å². The first kappa shape index (κ1) is 19.3. The summed E-state index contributed by atoms with van der Waals surface area (Å²) in [6.07, 6.45) is 2.51. The van der Waals surface area contributed by atoms with Crippen LogP contribution in [0.3, 0.4) is 0 Å². The maximum Gasteiger partial charge on any atom is 0.267 e. The molecule has 3 N–H and O–H groups in total. The molecule has 0 fully saturated rings. The van der Waals surface area contributed by atoms with Crippen molar-refractivity contribution >= 4 is 27.7 Å². The molecule has 1 amide bonds. The molecule has 3 rings (SSSR count). The number of carbonyl (C=O) groups is 1. The number of amides is 1. The van der Waals surface area contributed by atoms with Crippen LogP contribution in [0.25, 0.3) is 17.2 Å². The Labute approximate surface area is 163 Å². The van der Waals surface area contributed by atoms with E-state index in [4.69, 9.17) is 5.21 Å². The summed E-state index contributed by atoms with van der Waals surface area (Å²) in [6.45, 7) is 0. The average molecular weight is 394 g/mol. The summed E-state index contributed by atoms with van der Waals surface area (Å²) in [6, 6.07) is 22.8. The van der Waals surface area contributed by atoms with Gasteiger partial charge in [-0.25, -0.2) is 13.9 Å². The largest absolute Gasteiger partial charge is 0.288 e. The van der Waals surface area contributed by atoms with Crippen molar-refractivity contribution in [2.45, 2.75) is 4.90 Å². The molecule has 0 saturated heterocycles. The third kappa shape index (κ3) is 4.64. The summed E-state index contributed by atoms with van der Waals surface area (Å²) in [5.41, 5.74) is 4.11. The summed E-state index contributed by atoms with van der Waals surface area (Å²) in [5, 5.41) is 8.52. The molecule has 0 heterocycles. The molecule has 28 heavy (non-hydrogen) atoms. The van der Waals surface area contributed by atoms with Crippen LogP contribution in [0.4, 0.5) is 5.69 Å². The molecular formula is C21H18N2O4S. The van der Waals surface area contributed by atoms with Gasteiger partial charge in [0.25, 0.3) is 15.9 Å². The Balaban J connectivity index is 1.92. The number of benzene rings is 3. The minimum absolute atomic E-state index is 0.0573. The van der Waals surface area contributed by atoms with Crippen LogP contribution in [-0.4, -0.2) is 19.5 Å². The third-order valence-corrected chi connectivity index (χ3v) is 5.33. The van der Waals surface area contributed by atoms with Gasteiger partial charge in [0.2, 0.25) is 0 Å². The summed E-state index contributed by atoms with van der Waals surface area (Å²) in [4.78, 5) is 11.2. The number of para-hydroxylation sites is 1. The SMILES string of the molecule is O=C(C=Cc1cccc(S(=O)(=O)Nc2ccccc2-c2ccccc2)c1)NO. The predicted molar refractivity (Wildman–Crippen MR) is 108 cm³/mol. The molecule has 0 aliphatic rings. The molecule has 3 aromatic rings. The maximum atomic E-state index is 12.9. The molecule has 0 aliphatic heterocycles. The van der Waals surface area contributed by atoms with Crippen molar-refractivity contribution in [3.8, 4) is 11.1 Å². The van der Waals surface area contributed by atoms with Crippen LogP contribution in [-0.2, 0) is 14.8 Å². The van der Waals surface area contributed by atoms with E-state index < -0.39 is 15.9 Å². The highest BCUT2D eigenvalue weighted by atomic mass is 32.2. The van der Waals surface area contributed by atoms with Gasteiger partial charge >= 0.3 is 0 Å². The molecule has 0 atom stereocenters. The van der Waals surface area contributed by atoms with Gasteiger partial charge in [-0.2, -0.15) is 0 Å². The molecule has 3 aromatic carbocycles. The van der Waals surface area contributed by atoms with Crippen LogP contribution in [0.2, 0.25) is 0 Å². The molecular weight excluding hydrogens is 376 g/mol. The lowest BCUT2D eigenvalue weighted by molar-refractivity contribution is -0.124. The lowest BCUT2D eigenvalue weighted by Gasteiger charge is -2.13. The van der Waals surface area contributed by atoms with Gasteiger partial charge in [-0.15, -0.1) is 0 Å². The van der Waals surface area contributed by atoms with E-state index in [1.807, 2.05) is 42.5 Å². The Morgan fingerprint density at radius 1 is 0.893 bits per heavy atom. The van der Waals surface area contributed by atoms with Gasteiger partial charge in [-0.05, 0) is 35.4 Å². The molecule has 0 saturated carbocycles. The van der Waals surface area contributed by atoms with E-state index in [1.54, 1.807) is 24.3 Å². The zero-order valence-electron chi connectivity index (χ0n) is 14.7. The normalized spacial score (nSPS) is 11.3.